The van der Waals surface area contributed by atoms with Crippen molar-refractivity contribution in [3.63, 3.8) is 0 Å². The van der Waals surface area contributed by atoms with E-state index in [9.17, 15) is 4.79 Å². The van der Waals surface area contributed by atoms with Gasteiger partial charge >= 0.3 is 0 Å². The molecule has 0 heterocycles. The van der Waals surface area contributed by atoms with Gasteiger partial charge in [-0.2, -0.15) is 0 Å². The Morgan fingerprint density at radius 2 is 1.69 bits per heavy atom. The van der Waals surface area contributed by atoms with Gasteiger partial charge in [-0.25, -0.2) is 0 Å². The van der Waals surface area contributed by atoms with E-state index in [-0.39, 0.29) is 6.61 Å². The van der Waals surface area contributed by atoms with E-state index >= 15 is 0 Å². The fourth-order valence-corrected chi connectivity index (χ4v) is 2.34. The van der Waals surface area contributed by atoms with Gasteiger partial charge in [0, 0.05) is 20.1 Å². The van der Waals surface area contributed by atoms with E-state index in [2.05, 4.69) is 46.8 Å². The van der Waals surface area contributed by atoms with Crippen LogP contribution in [0.5, 0.6) is 5.75 Å². The molecule has 1 amide bonds. The molecule has 0 radical (unpaired) electrons. The van der Waals surface area contributed by atoms with Gasteiger partial charge in [-0.05, 0) is 36.6 Å². The molecule has 26 heavy (non-hydrogen) atoms. The number of carbonyl (C=O) groups excluding carboxylic acids is 1. The van der Waals surface area contributed by atoms with Crippen LogP contribution >= 0.6 is 0 Å². The van der Waals surface area contributed by atoms with Crippen LogP contribution in [-0.4, -0.2) is 32.1 Å². The Morgan fingerprint density at radius 1 is 1.04 bits per heavy atom. The molecule has 6 heteroatoms. The van der Waals surface area contributed by atoms with Crippen LogP contribution in [0.1, 0.15) is 16.7 Å². The number of hydrogen-bond acceptors (Lipinski definition) is 3. The number of nitrogens with two attached hydrogens (primary N) is 1. The van der Waals surface area contributed by atoms with Crippen LogP contribution in [0.3, 0.4) is 0 Å². The average Bonchev–Trinajstić information content (AvgIpc) is 2.65. The highest BCUT2D eigenvalue weighted by Gasteiger charge is 2.01. The molecule has 2 rings (SSSR count). The Morgan fingerprint density at radius 3 is 2.31 bits per heavy atom. The summed E-state index contributed by atoms with van der Waals surface area (Å²) in [7, 11) is 1.76. The van der Waals surface area contributed by atoms with Crippen LogP contribution in [-0.2, 0) is 17.8 Å². The summed E-state index contributed by atoms with van der Waals surface area (Å²) in [6, 6.07) is 16.0. The highest BCUT2D eigenvalue weighted by Crippen LogP contribution is 2.12. The van der Waals surface area contributed by atoms with E-state index < -0.39 is 5.91 Å². The molecule has 0 aliphatic carbocycles. The Bertz CT molecular complexity index is 724. The quantitative estimate of drug-likeness (QED) is 0.498. The lowest BCUT2D eigenvalue weighted by Crippen LogP contribution is -2.37. The third kappa shape index (κ3) is 6.84. The van der Waals surface area contributed by atoms with E-state index in [0.29, 0.717) is 5.75 Å². The van der Waals surface area contributed by atoms with E-state index in [1.54, 1.807) is 7.05 Å². The molecule has 0 fully saturated rings. The molecule has 0 spiro atoms. The highest BCUT2D eigenvalue weighted by molar-refractivity contribution is 5.79. The van der Waals surface area contributed by atoms with Crippen molar-refractivity contribution in [2.45, 2.75) is 19.9 Å². The molecule has 138 valence electrons. The molecule has 0 saturated carbocycles. The minimum Gasteiger partial charge on any atom is -0.484 e. The predicted octanol–water partition coefficient (Wildman–Crippen LogP) is 1.77. The van der Waals surface area contributed by atoms with E-state index in [0.717, 1.165) is 31.0 Å². The first-order valence-corrected chi connectivity index (χ1v) is 8.57. The molecule has 0 aromatic heterocycles. The number of primary amides is 1. The summed E-state index contributed by atoms with van der Waals surface area (Å²) < 4.78 is 5.24. The van der Waals surface area contributed by atoms with Gasteiger partial charge < -0.3 is 21.1 Å². The maximum Gasteiger partial charge on any atom is 0.255 e. The van der Waals surface area contributed by atoms with Gasteiger partial charge in [-0.1, -0.05) is 42.0 Å². The van der Waals surface area contributed by atoms with Crippen molar-refractivity contribution in [2.24, 2.45) is 10.7 Å². The summed E-state index contributed by atoms with van der Waals surface area (Å²) in [6.07, 6.45) is 0.849. The second kappa shape index (κ2) is 10.1. The Kier molecular flexibility index (Phi) is 7.49. The van der Waals surface area contributed by atoms with E-state index in [4.69, 9.17) is 10.5 Å². The normalized spacial score (nSPS) is 11.1. The number of amides is 1. The first kappa shape index (κ1) is 19.3. The van der Waals surface area contributed by atoms with Crippen LogP contribution in [0.15, 0.2) is 53.5 Å². The second-order valence-corrected chi connectivity index (χ2v) is 5.99. The van der Waals surface area contributed by atoms with Crippen molar-refractivity contribution in [2.75, 3.05) is 20.2 Å². The number of ether oxygens (including phenoxy) is 1. The molecular formula is C20H26N4O2. The zero-order chi connectivity index (χ0) is 18.8. The molecule has 0 saturated heterocycles. The van der Waals surface area contributed by atoms with Crippen molar-refractivity contribution in [3.05, 3.63) is 65.2 Å². The third-order valence-electron chi connectivity index (χ3n) is 3.81. The van der Waals surface area contributed by atoms with Crippen LogP contribution in [0.25, 0.3) is 0 Å². The van der Waals surface area contributed by atoms with Crippen LogP contribution < -0.4 is 21.1 Å². The minimum atomic E-state index is -0.484. The third-order valence-corrected chi connectivity index (χ3v) is 3.81. The van der Waals surface area contributed by atoms with Gasteiger partial charge in [0.05, 0.1) is 0 Å². The van der Waals surface area contributed by atoms with Crippen LogP contribution in [0.4, 0.5) is 0 Å². The molecule has 6 nitrogen and oxygen atoms in total. The zero-order valence-corrected chi connectivity index (χ0v) is 15.3. The summed E-state index contributed by atoms with van der Waals surface area (Å²) >= 11 is 0. The molecule has 0 unspecified atom stereocenters. The monoisotopic (exact) mass is 354 g/mol. The number of aryl methyl sites for hydroxylation is 1. The molecule has 0 aliphatic heterocycles. The average molecular weight is 354 g/mol. The minimum absolute atomic E-state index is 0.107. The van der Waals surface area contributed by atoms with Crippen molar-refractivity contribution >= 4 is 11.9 Å². The molecular weight excluding hydrogens is 328 g/mol. The van der Waals surface area contributed by atoms with Crippen molar-refractivity contribution in [3.8, 4) is 5.75 Å². The lowest BCUT2D eigenvalue weighted by atomic mass is 10.1. The molecule has 0 aliphatic rings. The number of rotatable bonds is 8. The SMILES string of the molecule is CN=C(NCCc1ccc(OCC(N)=O)cc1)NCc1ccc(C)cc1. The molecule has 2 aromatic rings. The number of carbonyl (C=O) groups is 1. The summed E-state index contributed by atoms with van der Waals surface area (Å²) in [5, 5.41) is 6.60. The predicted molar refractivity (Wildman–Crippen MR) is 104 cm³/mol. The van der Waals surface area contributed by atoms with Gasteiger partial charge in [-0.3, -0.25) is 9.79 Å². The first-order valence-electron chi connectivity index (χ1n) is 8.57. The largest absolute Gasteiger partial charge is 0.484 e. The lowest BCUT2D eigenvalue weighted by molar-refractivity contribution is -0.119. The fraction of sp³-hybridized carbons (Fsp3) is 0.300. The number of aliphatic imine (C=N–C) groups is 1. The van der Waals surface area contributed by atoms with Gasteiger partial charge in [0.2, 0.25) is 0 Å². The number of nitrogens with zero attached hydrogens (tertiary/aromatic N) is 1. The van der Waals surface area contributed by atoms with Gasteiger partial charge in [0.15, 0.2) is 12.6 Å². The topological polar surface area (TPSA) is 88.7 Å². The molecule has 4 N–H and O–H groups in total. The zero-order valence-electron chi connectivity index (χ0n) is 15.3. The number of hydrogen-bond donors (Lipinski definition) is 3. The van der Waals surface area contributed by atoms with E-state index in [1.807, 2.05) is 24.3 Å². The maximum absolute atomic E-state index is 10.7. The van der Waals surface area contributed by atoms with Gasteiger partial charge in [-0.15, -0.1) is 0 Å². The number of guanidine groups is 1. The van der Waals surface area contributed by atoms with Gasteiger partial charge in [0.25, 0.3) is 5.91 Å². The maximum atomic E-state index is 10.7. The summed E-state index contributed by atoms with van der Waals surface area (Å²) in [5.41, 5.74) is 8.69. The van der Waals surface area contributed by atoms with Crippen molar-refractivity contribution < 1.29 is 9.53 Å². The fourth-order valence-electron chi connectivity index (χ4n) is 2.34. The first-order chi connectivity index (χ1) is 12.6. The smallest absolute Gasteiger partial charge is 0.255 e. The van der Waals surface area contributed by atoms with Crippen LogP contribution in [0, 0.1) is 6.92 Å². The van der Waals surface area contributed by atoms with Crippen molar-refractivity contribution in [1.82, 2.24) is 10.6 Å². The Hall–Kier alpha value is -3.02. The molecule has 0 atom stereocenters. The Labute approximate surface area is 154 Å². The summed E-state index contributed by atoms with van der Waals surface area (Å²) in [4.78, 5) is 14.9. The Balaban J connectivity index is 1.73. The van der Waals surface area contributed by atoms with E-state index in [1.165, 1.54) is 11.1 Å². The molecule has 0 bridgehead atoms. The summed E-state index contributed by atoms with van der Waals surface area (Å²) in [6.45, 7) is 3.46. The van der Waals surface area contributed by atoms with Crippen molar-refractivity contribution in [1.29, 1.82) is 0 Å². The number of nitrogens with one attached hydrogen (secondary N) is 2. The number of benzene rings is 2. The summed E-state index contributed by atoms with van der Waals surface area (Å²) in [5.74, 6) is 0.922. The molecule has 2 aromatic carbocycles. The lowest BCUT2D eigenvalue weighted by Gasteiger charge is -2.12. The van der Waals surface area contributed by atoms with Crippen LogP contribution in [0.2, 0.25) is 0 Å². The highest BCUT2D eigenvalue weighted by atomic mass is 16.5. The van der Waals surface area contributed by atoms with Gasteiger partial charge in [0.1, 0.15) is 5.75 Å². The second-order valence-electron chi connectivity index (χ2n) is 5.99. The standard InChI is InChI=1S/C20H26N4O2/c1-15-3-5-17(6-4-15)13-24-20(22-2)23-12-11-16-7-9-18(10-8-16)26-14-19(21)25/h3-10H,11-14H2,1-2H3,(H2,21,25)(H2,22,23,24).